The van der Waals surface area contributed by atoms with Gasteiger partial charge in [-0.15, -0.1) is 0 Å². The smallest absolute Gasteiger partial charge is 0.256 e. The molecule has 0 atom stereocenters. The van der Waals surface area contributed by atoms with Gasteiger partial charge < -0.3 is 9.67 Å². The van der Waals surface area contributed by atoms with Crippen molar-refractivity contribution in [1.29, 1.82) is 0 Å². The van der Waals surface area contributed by atoms with Gasteiger partial charge in [-0.2, -0.15) is 0 Å². The van der Waals surface area contributed by atoms with E-state index < -0.39 is 0 Å². The molecule has 3 heteroatoms. The maximum absolute atomic E-state index is 11.5. The third kappa shape index (κ3) is 1.16. The maximum Gasteiger partial charge on any atom is 0.256 e. The largest absolute Gasteiger partial charge is 0.391 e. The van der Waals surface area contributed by atoms with Gasteiger partial charge in [-0.25, -0.2) is 0 Å². The molecule has 1 N–H and O–H groups in total. The van der Waals surface area contributed by atoms with E-state index in [4.69, 9.17) is 5.11 Å². The number of hydrogen-bond donors (Lipinski definition) is 1. The van der Waals surface area contributed by atoms with Crippen molar-refractivity contribution < 1.29 is 5.11 Å². The molecule has 64 valence electrons. The number of aromatic nitrogens is 1. The predicted molar refractivity (Wildman–Crippen MR) is 44.9 cm³/mol. The minimum atomic E-state index is -0.160. The Balaban J connectivity index is 2.48. The fourth-order valence-electron chi connectivity index (χ4n) is 1.32. The molecule has 1 aliphatic carbocycles. The first-order chi connectivity index (χ1) is 5.83. The third-order valence-corrected chi connectivity index (χ3v) is 2.16. The highest BCUT2D eigenvalue weighted by Crippen LogP contribution is 2.33. The summed E-state index contributed by atoms with van der Waals surface area (Å²) in [6.07, 6.45) is 3.97. The second-order valence-electron chi connectivity index (χ2n) is 3.14. The van der Waals surface area contributed by atoms with Crippen LogP contribution in [0.3, 0.4) is 0 Å². The first-order valence-corrected chi connectivity index (χ1v) is 4.14. The summed E-state index contributed by atoms with van der Waals surface area (Å²) in [6, 6.07) is 3.87. The maximum atomic E-state index is 11.5. The molecular formula is C9H11NO2. The number of aliphatic hydroxyl groups excluding tert-OH is 1. The van der Waals surface area contributed by atoms with Crippen molar-refractivity contribution >= 4 is 0 Å². The van der Waals surface area contributed by atoms with Gasteiger partial charge in [0.2, 0.25) is 0 Å². The van der Waals surface area contributed by atoms with E-state index in [1.165, 1.54) is 0 Å². The van der Waals surface area contributed by atoms with Crippen LogP contribution in [0.4, 0.5) is 0 Å². The van der Waals surface area contributed by atoms with E-state index in [1.54, 1.807) is 16.8 Å². The molecule has 1 aromatic heterocycles. The highest BCUT2D eigenvalue weighted by molar-refractivity contribution is 5.10. The zero-order valence-electron chi connectivity index (χ0n) is 6.73. The highest BCUT2D eigenvalue weighted by Gasteiger charge is 2.24. The summed E-state index contributed by atoms with van der Waals surface area (Å²) in [7, 11) is 0. The second-order valence-corrected chi connectivity index (χ2v) is 3.14. The molecule has 0 amide bonds. The molecule has 1 aliphatic rings. The zero-order valence-corrected chi connectivity index (χ0v) is 6.73. The van der Waals surface area contributed by atoms with Crippen LogP contribution in [0.1, 0.15) is 24.4 Å². The van der Waals surface area contributed by atoms with E-state index in [9.17, 15) is 4.79 Å². The molecular weight excluding hydrogens is 154 g/mol. The van der Waals surface area contributed by atoms with Gasteiger partial charge in [0, 0.05) is 17.8 Å². The van der Waals surface area contributed by atoms with Gasteiger partial charge in [0.05, 0.1) is 6.61 Å². The van der Waals surface area contributed by atoms with Crippen LogP contribution in [0.15, 0.2) is 23.1 Å². The quantitative estimate of drug-likeness (QED) is 0.700. The summed E-state index contributed by atoms with van der Waals surface area (Å²) >= 11 is 0. The van der Waals surface area contributed by atoms with Crippen molar-refractivity contribution in [3.05, 3.63) is 34.2 Å². The van der Waals surface area contributed by atoms with Crippen LogP contribution in [-0.4, -0.2) is 9.67 Å². The summed E-state index contributed by atoms with van der Waals surface area (Å²) in [5.41, 5.74) is 0.451. The van der Waals surface area contributed by atoms with Gasteiger partial charge in [0.25, 0.3) is 5.56 Å². The van der Waals surface area contributed by atoms with Crippen LogP contribution in [0.2, 0.25) is 0 Å². The Bertz CT molecular complexity index is 339. The number of hydrogen-bond acceptors (Lipinski definition) is 2. The average molecular weight is 165 g/mol. The van der Waals surface area contributed by atoms with Crippen LogP contribution in [0, 0.1) is 0 Å². The van der Waals surface area contributed by atoms with Gasteiger partial charge in [0.15, 0.2) is 0 Å². The Morgan fingerprint density at radius 3 is 2.92 bits per heavy atom. The minimum absolute atomic E-state index is 0.0394. The Hall–Kier alpha value is -1.09. The molecule has 12 heavy (non-hydrogen) atoms. The number of pyridine rings is 1. The normalized spacial score (nSPS) is 16.4. The number of nitrogens with zero attached hydrogens (tertiary/aromatic N) is 1. The first kappa shape index (κ1) is 7.55. The monoisotopic (exact) mass is 165 g/mol. The van der Waals surface area contributed by atoms with E-state index in [2.05, 4.69) is 0 Å². The summed E-state index contributed by atoms with van der Waals surface area (Å²) in [6.45, 7) is -0.160. The van der Waals surface area contributed by atoms with Crippen molar-refractivity contribution in [2.45, 2.75) is 25.5 Å². The molecule has 0 unspecified atom stereocenters. The van der Waals surface area contributed by atoms with Crippen molar-refractivity contribution in [1.82, 2.24) is 4.57 Å². The molecule has 0 radical (unpaired) electrons. The van der Waals surface area contributed by atoms with Crippen molar-refractivity contribution in [2.75, 3.05) is 0 Å². The van der Waals surface area contributed by atoms with Gasteiger partial charge >= 0.3 is 0 Å². The minimum Gasteiger partial charge on any atom is -0.391 e. The summed E-state index contributed by atoms with van der Waals surface area (Å²) in [4.78, 5) is 11.5. The molecule has 0 aromatic carbocycles. The van der Waals surface area contributed by atoms with Crippen LogP contribution in [-0.2, 0) is 6.61 Å². The van der Waals surface area contributed by atoms with E-state index in [0.29, 0.717) is 11.6 Å². The molecule has 1 aromatic rings. The SMILES string of the molecule is O=c1c(CO)cccn1C1CC1. The lowest BCUT2D eigenvalue weighted by Crippen LogP contribution is -2.21. The lowest BCUT2D eigenvalue weighted by Gasteiger charge is -2.03. The van der Waals surface area contributed by atoms with Gasteiger partial charge in [-0.3, -0.25) is 4.79 Å². The molecule has 0 aliphatic heterocycles. The summed E-state index contributed by atoms with van der Waals surface area (Å²) in [5, 5.41) is 8.83. The third-order valence-electron chi connectivity index (χ3n) is 2.16. The molecule has 3 nitrogen and oxygen atoms in total. The Morgan fingerprint density at radius 2 is 2.33 bits per heavy atom. The van der Waals surface area contributed by atoms with E-state index in [-0.39, 0.29) is 12.2 Å². The van der Waals surface area contributed by atoms with Crippen molar-refractivity contribution in [3.63, 3.8) is 0 Å². The topological polar surface area (TPSA) is 42.2 Å². The first-order valence-electron chi connectivity index (χ1n) is 4.14. The van der Waals surface area contributed by atoms with Crippen LogP contribution in [0.5, 0.6) is 0 Å². The van der Waals surface area contributed by atoms with Crippen molar-refractivity contribution in [3.8, 4) is 0 Å². The van der Waals surface area contributed by atoms with E-state index in [0.717, 1.165) is 12.8 Å². The zero-order chi connectivity index (χ0) is 8.55. The molecule has 1 fully saturated rings. The summed E-state index contributed by atoms with van der Waals surface area (Å²) in [5.74, 6) is 0. The Morgan fingerprint density at radius 1 is 1.58 bits per heavy atom. The van der Waals surface area contributed by atoms with Gasteiger partial charge in [0.1, 0.15) is 0 Å². The lowest BCUT2D eigenvalue weighted by atomic mass is 10.3. The lowest BCUT2D eigenvalue weighted by molar-refractivity contribution is 0.279. The molecule has 0 spiro atoms. The van der Waals surface area contributed by atoms with Gasteiger partial charge in [-0.1, -0.05) is 0 Å². The Labute approximate surface area is 70.3 Å². The van der Waals surface area contributed by atoms with Crippen LogP contribution < -0.4 is 5.56 Å². The van der Waals surface area contributed by atoms with Crippen molar-refractivity contribution in [2.24, 2.45) is 0 Å². The summed E-state index contributed by atoms with van der Waals surface area (Å²) < 4.78 is 1.71. The fraction of sp³-hybridized carbons (Fsp3) is 0.444. The number of aliphatic hydroxyl groups is 1. The molecule has 0 saturated heterocycles. The van der Waals surface area contributed by atoms with Crippen LogP contribution >= 0.6 is 0 Å². The highest BCUT2D eigenvalue weighted by atomic mass is 16.3. The molecule has 1 heterocycles. The van der Waals surface area contributed by atoms with Gasteiger partial charge in [-0.05, 0) is 25.0 Å². The predicted octanol–water partition coefficient (Wildman–Crippen LogP) is 0.675. The fourth-order valence-corrected chi connectivity index (χ4v) is 1.32. The van der Waals surface area contributed by atoms with E-state index >= 15 is 0 Å². The standard InChI is InChI=1S/C9H11NO2/c11-6-7-2-1-5-10(9(7)12)8-3-4-8/h1-2,5,8,11H,3-4,6H2. The molecule has 2 rings (SSSR count). The van der Waals surface area contributed by atoms with E-state index in [1.807, 2.05) is 6.07 Å². The molecule has 0 bridgehead atoms. The second kappa shape index (κ2) is 2.75. The number of rotatable bonds is 2. The Kier molecular flexibility index (Phi) is 1.73. The van der Waals surface area contributed by atoms with Crippen LogP contribution in [0.25, 0.3) is 0 Å². The average Bonchev–Trinajstić information content (AvgIpc) is 2.88. The molecule has 1 saturated carbocycles.